The van der Waals surface area contributed by atoms with E-state index in [1.165, 1.54) is 12.8 Å². The number of amides is 4. The van der Waals surface area contributed by atoms with Crippen molar-refractivity contribution in [1.82, 2.24) is 20.9 Å². The molecule has 0 radical (unpaired) electrons. The molecule has 11 heteroatoms. The van der Waals surface area contributed by atoms with E-state index < -0.39 is 24.6 Å². The van der Waals surface area contributed by atoms with Crippen LogP contribution in [0.4, 0.5) is 4.79 Å². The van der Waals surface area contributed by atoms with Gasteiger partial charge in [0.1, 0.15) is 6.04 Å². The SMILES string of the molecule is NC(=O)[C@H](CO)NC(=O)NCCNCCCCC(=O)N(CCCCCCS)CCCCCCS. The van der Waals surface area contributed by atoms with Gasteiger partial charge in [-0.3, -0.25) is 9.59 Å². The van der Waals surface area contributed by atoms with Crippen molar-refractivity contribution in [2.75, 3.05) is 50.8 Å². The van der Waals surface area contributed by atoms with Crippen LogP contribution in [0.3, 0.4) is 0 Å². The Bertz CT molecular complexity index is 529. The largest absolute Gasteiger partial charge is 0.394 e. The number of nitrogens with zero attached hydrogens (tertiary/aromatic N) is 1. The lowest BCUT2D eigenvalue weighted by atomic mass is 10.1. The molecule has 0 bridgehead atoms. The molecule has 6 N–H and O–H groups in total. The molecule has 0 aliphatic carbocycles. The molecule has 0 saturated heterocycles. The molecule has 0 spiro atoms. The van der Waals surface area contributed by atoms with Crippen molar-refractivity contribution < 1.29 is 19.5 Å². The molecule has 0 heterocycles. The maximum Gasteiger partial charge on any atom is 0.315 e. The molecule has 200 valence electrons. The number of hydrogen-bond acceptors (Lipinski definition) is 7. The van der Waals surface area contributed by atoms with Crippen molar-refractivity contribution in [2.45, 2.75) is 76.7 Å². The lowest BCUT2D eigenvalue weighted by Crippen LogP contribution is -2.51. The summed E-state index contributed by atoms with van der Waals surface area (Å²) >= 11 is 8.51. The average molecular weight is 522 g/mol. The van der Waals surface area contributed by atoms with E-state index in [0.717, 1.165) is 82.5 Å². The first kappa shape index (κ1) is 32.8. The fourth-order valence-electron chi connectivity index (χ4n) is 3.39. The van der Waals surface area contributed by atoms with Crippen LogP contribution in [0.25, 0.3) is 0 Å². The highest BCUT2D eigenvalue weighted by atomic mass is 32.1. The molecule has 34 heavy (non-hydrogen) atoms. The topological polar surface area (TPSA) is 137 Å². The van der Waals surface area contributed by atoms with E-state index in [1.54, 1.807) is 0 Å². The zero-order valence-corrected chi connectivity index (χ0v) is 22.4. The van der Waals surface area contributed by atoms with Crippen LogP contribution in [-0.2, 0) is 9.59 Å². The second kappa shape index (κ2) is 23.6. The van der Waals surface area contributed by atoms with Crippen LogP contribution in [-0.4, -0.2) is 84.7 Å². The number of carbonyl (C=O) groups is 3. The van der Waals surface area contributed by atoms with Crippen LogP contribution in [0.2, 0.25) is 0 Å². The first-order valence-corrected chi connectivity index (χ1v) is 13.9. The first-order chi connectivity index (χ1) is 16.5. The zero-order chi connectivity index (χ0) is 25.4. The Kier molecular flexibility index (Phi) is 22.8. The fraction of sp³-hybridized carbons (Fsp3) is 0.870. The van der Waals surface area contributed by atoms with Gasteiger partial charge < -0.3 is 31.7 Å². The van der Waals surface area contributed by atoms with Crippen LogP contribution >= 0.6 is 25.3 Å². The van der Waals surface area contributed by atoms with Crippen LogP contribution in [0.15, 0.2) is 0 Å². The van der Waals surface area contributed by atoms with Crippen molar-refractivity contribution in [3.63, 3.8) is 0 Å². The minimum atomic E-state index is -1.09. The molecular formula is C23H47N5O4S2. The molecule has 0 aliphatic rings. The monoisotopic (exact) mass is 521 g/mol. The van der Waals surface area contributed by atoms with Crippen molar-refractivity contribution in [1.29, 1.82) is 0 Å². The molecule has 9 nitrogen and oxygen atoms in total. The number of thiol groups is 2. The number of carbonyl (C=O) groups excluding carboxylic acids is 3. The quantitative estimate of drug-likeness (QED) is 0.0811. The summed E-state index contributed by atoms with van der Waals surface area (Å²) in [6.45, 7) is 2.84. The van der Waals surface area contributed by atoms with E-state index in [4.69, 9.17) is 10.8 Å². The lowest BCUT2D eigenvalue weighted by Gasteiger charge is -2.23. The van der Waals surface area contributed by atoms with Gasteiger partial charge in [0.2, 0.25) is 11.8 Å². The van der Waals surface area contributed by atoms with Crippen molar-refractivity contribution in [3.8, 4) is 0 Å². The van der Waals surface area contributed by atoms with E-state index in [-0.39, 0.29) is 5.91 Å². The third-order valence-corrected chi connectivity index (χ3v) is 6.07. The Labute approximate surface area is 216 Å². The second-order valence-electron chi connectivity index (χ2n) is 8.40. The number of rotatable bonds is 23. The normalized spacial score (nSPS) is 11.7. The number of aliphatic hydroxyl groups is 1. The highest BCUT2D eigenvalue weighted by Gasteiger charge is 2.16. The third-order valence-electron chi connectivity index (χ3n) is 5.44. The molecule has 0 saturated carbocycles. The average Bonchev–Trinajstić information content (AvgIpc) is 2.82. The molecule has 4 amide bonds. The Morgan fingerprint density at radius 2 is 1.38 bits per heavy atom. The second-order valence-corrected chi connectivity index (χ2v) is 9.30. The fourth-order valence-corrected chi connectivity index (χ4v) is 3.83. The smallest absolute Gasteiger partial charge is 0.315 e. The maximum atomic E-state index is 12.7. The summed E-state index contributed by atoms with van der Waals surface area (Å²) in [6.07, 6.45) is 11.3. The number of urea groups is 1. The third kappa shape index (κ3) is 19.2. The molecule has 1 atom stereocenters. The molecule has 0 aromatic rings. The van der Waals surface area contributed by atoms with E-state index in [1.807, 2.05) is 4.90 Å². The van der Waals surface area contributed by atoms with Crippen molar-refractivity contribution >= 4 is 43.1 Å². The van der Waals surface area contributed by atoms with Crippen LogP contribution < -0.4 is 21.7 Å². The number of nitrogens with two attached hydrogens (primary N) is 1. The van der Waals surface area contributed by atoms with Crippen LogP contribution in [0.1, 0.15) is 70.6 Å². The standard InChI is InChI=1S/C23H47N5O4S2/c24-22(31)20(19-29)27-23(32)26-14-13-25-12-6-5-11-21(30)28(15-7-1-3-9-17-33)16-8-2-4-10-18-34/h20,25,29,33-34H,1-19H2,(H2,24,31)(H2,26,27,32)/t20-/m0/s1. The van der Waals surface area contributed by atoms with Gasteiger partial charge in [-0.15, -0.1) is 0 Å². The summed E-state index contributed by atoms with van der Waals surface area (Å²) in [5, 5.41) is 17.1. The number of hydrogen-bond donors (Lipinski definition) is 7. The highest BCUT2D eigenvalue weighted by Crippen LogP contribution is 2.09. The van der Waals surface area contributed by atoms with Gasteiger partial charge in [-0.25, -0.2) is 4.79 Å². The number of unbranched alkanes of at least 4 members (excludes halogenated alkanes) is 7. The number of aliphatic hydroxyl groups excluding tert-OH is 1. The molecule has 0 unspecified atom stereocenters. The van der Waals surface area contributed by atoms with Crippen LogP contribution in [0.5, 0.6) is 0 Å². The van der Waals surface area contributed by atoms with Gasteiger partial charge in [0, 0.05) is 32.6 Å². The molecule has 0 fully saturated rings. The van der Waals surface area contributed by atoms with E-state index >= 15 is 0 Å². The van der Waals surface area contributed by atoms with Gasteiger partial charge in [0.05, 0.1) is 6.61 Å². The van der Waals surface area contributed by atoms with E-state index in [0.29, 0.717) is 19.5 Å². The summed E-state index contributed by atoms with van der Waals surface area (Å²) in [5.41, 5.74) is 5.06. The molecule has 0 rings (SSSR count). The highest BCUT2D eigenvalue weighted by molar-refractivity contribution is 7.80. The Morgan fingerprint density at radius 1 is 0.794 bits per heavy atom. The molecular weight excluding hydrogens is 474 g/mol. The van der Waals surface area contributed by atoms with Gasteiger partial charge in [-0.1, -0.05) is 25.7 Å². The van der Waals surface area contributed by atoms with Gasteiger partial charge in [0.25, 0.3) is 0 Å². The first-order valence-electron chi connectivity index (χ1n) is 12.6. The van der Waals surface area contributed by atoms with Gasteiger partial charge in [-0.05, 0) is 56.6 Å². The van der Waals surface area contributed by atoms with Crippen molar-refractivity contribution in [3.05, 3.63) is 0 Å². The molecule has 0 aliphatic heterocycles. The van der Waals surface area contributed by atoms with Crippen LogP contribution in [0, 0.1) is 0 Å². The lowest BCUT2D eigenvalue weighted by molar-refractivity contribution is -0.131. The predicted octanol–water partition coefficient (Wildman–Crippen LogP) is 1.70. The Hall–Kier alpha value is -1.17. The van der Waals surface area contributed by atoms with Gasteiger partial charge >= 0.3 is 6.03 Å². The molecule has 0 aromatic carbocycles. The predicted molar refractivity (Wildman–Crippen MR) is 145 cm³/mol. The minimum absolute atomic E-state index is 0.245. The van der Waals surface area contributed by atoms with Crippen molar-refractivity contribution in [2.24, 2.45) is 5.73 Å². The summed E-state index contributed by atoms with van der Waals surface area (Å²) in [4.78, 5) is 37.4. The zero-order valence-electron chi connectivity index (χ0n) is 20.6. The number of nitrogens with one attached hydrogen (secondary N) is 3. The molecule has 0 aromatic heterocycles. The summed E-state index contributed by atoms with van der Waals surface area (Å²) < 4.78 is 0. The summed E-state index contributed by atoms with van der Waals surface area (Å²) in [6, 6.07) is -1.65. The summed E-state index contributed by atoms with van der Waals surface area (Å²) in [7, 11) is 0. The minimum Gasteiger partial charge on any atom is -0.394 e. The van der Waals surface area contributed by atoms with Gasteiger partial charge in [-0.2, -0.15) is 25.3 Å². The summed E-state index contributed by atoms with van der Waals surface area (Å²) in [5.74, 6) is 1.30. The maximum absolute atomic E-state index is 12.7. The van der Waals surface area contributed by atoms with E-state index in [2.05, 4.69) is 41.2 Å². The Balaban J connectivity index is 4.01. The van der Waals surface area contributed by atoms with E-state index in [9.17, 15) is 14.4 Å². The van der Waals surface area contributed by atoms with Gasteiger partial charge in [0.15, 0.2) is 0 Å². The number of primary amides is 1. The Morgan fingerprint density at radius 3 is 1.91 bits per heavy atom.